The highest BCUT2D eigenvalue weighted by molar-refractivity contribution is 5.79. The molecule has 0 aliphatic carbocycles. The lowest BCUT2D eigenvalue weighted by molar-refractivity contribution is 0.284. The molecule has 1 aromatic heterocycles. The number of benzene rings is 3. The number of nitrogens with one attached hydrogen (secondary N) is 1. The van der Waals surface area contributed by atoms with Gasteiger partial charge in [0.1, 0.15) is 18.2 Å². The minimum absolute atomic E-state index is 0.414. The van der Waals surface area contributed by atoms with Crippen LogP contribution in [0.15, 0.2) is 66.7 Å². The molecular formula is C22H20N2O3. The number of methoxy groups -OCH3 is 2. The zero-order chi connectivity index (χ0) is 18.6. The molecule has 3 aromatic carbocycles. The van der Waals surface area contributed by atoms with Gasteiger partial charge >= 0.3 is 0 Å². The topological polar surface area (TPSA) is 56.4 Å². The third-order valence-electron chi connectivity index (χ3n) is 4.35. The Balaban J connectivity index is 1.62. The van der Waals surface area contributed by atoms with E-state index in [1.54, 1.807) is 14.2 Å². The van der Waals surface area contributed by atoms with Crippen molar-refractivity contribution in [3.05, 3.63) is 72.3 Å². The van der Waals surface area contributed by atoms with E-state index < -0.39 is 0 Å². The van der Waals surface area contributed by atoms with Gasteiger partial charge in [0, 0.05) is 5.56 Å². The summed E-state index contributed by atoms with van der Waals surface area (Å²) < 4.78 is 16.7. The second kappa shape index (κ2) is 7.41. The maximum absolute atomic E-state index is 6.03. The second-order valence-corrected chi connectivity index (χ2v) is 6.11. The monoisotopic (exact) mass is 360 g/mol. The van der Waals surface area contributed by atoms with Crippen LogP contribution >= 0.6 is 0 Å². The first kappa shape index (κ1) is 17.0. The molecule has 5 heteroatoms. The standard InChI is InChI=1S/C22H20N2O3/c1-25-17-7-5-6-15(12-17)14-27-21-13-16(10-11-20(21)26-2)22-23-18-8-3-4-9-19(18)24-22/h3-13H,14H2,1-2H3,(H,23,24). The number of nitrogens with zero attached hydrogens (tertiary/aromatic N) is 1. The van der Waals surface area contributed by atoms with E-state index in [0.717, 1.165) is 33.7 Å². The summed E-state index contributed by atoms with van der Waals surface area (Å²) in [6, 6.07) is 21.6. The van der Waals surface area contributed by atoms with Gasteiger partial charge in [0.2, 0.25) is 0 Å². The predicted molar refractivity (Wildman–Crippen MR) is 105 cm³/mol. The number of aromatic amines is 1. The summed E-state index contributed by atoms with van der Waals surface area (Å²) in [5, 5.41) is 0. The number of ether oxygens (including phenoxy) is 3. The van der Waals surface area contributed by atoms with Crippen LogP contribution in [-0.4, -0.2) is 24.2 Å². The molecule has 136 valence electrons. The molecular weight excluding hydrogens is 340 g/mol. The average molecular weight is 360 g/mol. The lowest BCUT2D eigenvalue weighted by Gasteiger charge is -2.12. The van der Waals surface area contributed by atoms with E-state index in [-0.39, 0.29) is 0 Å². The Morgan fingerprint density at radius 1 is 0.852 bits per heavy atom. The first-order valence-corrected chi connectivity index (χ1v) is 8.66. The lowest BCUT2D eigenvalue weighted by atomic mass is 10.2. The Morgan fingerprint density at radius 2 is 1.74 bits per heavy atom. The fraction of sp³-hybridized carbons (Fsp3) is 0.136. The van der Waals surface area contributed by atoms with E-state index in [2.05, 4.69) is 9.97 Å². The molecule has 0 saturated heterocycles. The van der Waals surface area contributed by atoms with Crippen molar-refractivity contribution in [2.75, 3.05) is 14.2 Å². The van der Waals surface area contributed by atoms with E-state index in [9.17, 15) is 0 Å². The minimum Gasteiger partial charge on any atom is -0.497 e. The Kier molecular flexibility index (Phi) is 4.66. The third kappa shape index (κ3) is 3.58. The number of rotatable bonds is 6. The van der Waals surface area contributed by atoms with E-state index >= 15 is 0 Å². The van der Waals surface area contributed by atoms with Gasteiger partial charge in [-0.2, -0.15) is 0 Å². The number of hydrogen-bond donors (Lipinski definition) is 1. The Bertz CT molecular complexity index is 1040. The molecule has 0 atom stereocenters. The van der Waals surface area contributed by atoms with Crippen LogP contribution in [0, 0.1) is 0 Å². The third-order valence-corrected chi connectivity index (χ3v) is 4.35. The zero-order valence-corrected chi connectivity index (χ0v) is 15.2. The summed E-state index contributed by atoms with van der Waals surface area (Å²) in [6.45, 7) is 0.414. The van der Waals surface area contributed by atoms with E-state index in [1.165, 1.54) is 0 Å². The molecule has 1 N–H and O–H groups in total. The second-order valence-electron chi connectivity index (χ2n) is 6.11. The molecule has 4 rings (SSSR count). The van der Waals surface area contributed by atoms with Crippen LogP contribution in [0.3, 0.4) is 0 Å². The maximum atomic E-state index is 6.03. The van der Waals surface area contributed by atoms with Gasteiger partial charge in [-0.25, -0.2) is 4.98 Å². The molecule has 5 nitrogen and oxygen atoms in total. The highest BCUT2D eigenvalue weighted by atomic mass is 16.5. The molecule has 0 saturated carbocycles. The molecule has 27 heavy (non-hydrogen) atoms. The fourth-order valence-corrected chi connectivity index (χ4v) is 2.95. The molecule has 4 aromatic rings. The van der Waals surface area contributed by atoms with Crippen molar-refractivity contribution in [1.82, 2.24) is 9.97 Å². The number of H-pyrrole nitrogens is 1. The van der Waals surface area contributed by atoms with Gasteiger partial charge in [-0.1, -0.05) is 24.3 Å². The smallest absolute Gasteiger partial charge is 0.162 e. The SMILES string of the molecule is COc1cccc(COc2cc(-c3nc4ccccc4[nH]3)ccc2OC)c1. The van der Waals surface area contributed by atoms with Gasteiger partial charge in [0.15, 0.2) is 11.5 Å². The van der Waals surface area contributed by atoms with E-state index in [0.29, 0.717) is 18.1 Å². The van der Waals surface area contributed by atoms with Crippen molar-refractivity contribution in [2.45, 2.75) is 6.61 Å². The quantitative estimate of drug-likeness (QED) is 0.535. The average Bonchev–Trinajstić information content (AvgIpc) is 3.16. The molecule has 0 unspecified atom stereocenters. The molecule has 0 bridgehead atoms. The molecule has 0 amide bonds. The predicted octanol–water partition coefficient (Wildman–Crippen LogP) is 4.83. The largest absolute Gasteiger partial charge is 0.497 e. The number of hydrogen-bond acceptors (Lipinski definition) is 4. The Labute approximate surface area is 157 Å². The Morgan fingerprint density at radius 3 is 2.56 bits per heavy atom. The summed E-state index contributed by atoms with van der Waals surface area (Å²) in [5.74, 6) is 2.94. The van der Waals surface area contributed by atoms with Crippen molar-refractivity contribution in [3.8, 4) is 28.6 Å². The normalized spacial score (nSPS) is 10.7. The number of fused-ring (bicyclic) bond motifs is 1. The van der Waals surface area contributed by atoms with Crippen molar-refractivity contribution in [3.63, 3.8) is 0 Å². The van der Waals surface area contributed by atoms with Crippen molar-refractivity contribution >= 4 is 11.0 Å². The van der Waals surface area contributed by atoms with Gasteiger partial charge in [0.25, 0.3) is 0 Å². The van der Waals surface area contributed by atoms with Crippen LogP contribution in [-0.2, 0) is 6.61 Å². The van der Waals surface area contributed by atoms with Gasteiger partial charge in [-0.15, -0.1) is 0 Å². The molecule has 0 fully saturated rings. The van der Waals surface area contributed by atoms with Gasteiger partial charge < -0.3 is 19.2 Å². The summed E-state index contributed by atoms with van der Waals surface area (Å²) in [5.41, 5.74) is 3.89. The first-order valence-electron chi connectivity index (χ1n) is 8.66. The van der Waals surface area contributed by atoms with Gasteiger partial charge in [-0.3, -0.25) is 0 Å². The summed E-state index contributed by atoms with van der Waals surface area (Å²) >= 11 is 0. The zero-order valence-electron chi connectivity index (χ0n) is 15.2. The van der Waals surface area contributed by atoms with Crippen molar-refractivity contribution < 1.29 is 14.2 Å². The van der Waals surface area contributed by atoms with Crippen LogP contribution in [0.25, 0.3) is 22.4 Å². The molecule has 0 radical (unpaired) electrons. The molecule has 0 aliphatic rings. The molecule has 0 aliphatic heterocycles. The van der Waals surface area contributed by atoms with Gasteiger partial charge in [0.05, 0.1) is 25.3 Å². The highest BCUT2D eigenvalue weighted by Gasteiger charge is 2.11. The van der Waals surface area contributed by atoms with Crippen LogP contribution in [0.4, 0.5) is 0 Å². The van der Waals surface area contributed by atoms with Gasteiger partial charge in [-0.05, 0) is 48.0 Å². The number of imidazole rings is 1. The van der Waals surface area contributed by atoms with Crippen molar-refractivity contribution in [2.24, 2.45) is 0 Å². The molecule has 1 heterocycles. The summed E-state index contributed by atoms with van der Waals surface area (Å²) in [4.78, 5) is 7.99. The van der Waals surface area contributed by atoms with Crippen LogP contribution < -0.4 is 14.2 Å². The van der Waals surface area contributed by atoms with Crippen LogP contribution in [0.2, 0.25) is 0 Å². The lowest BCUT2D eigenvalue weighted by Crippen LogP contribution is -1.98. The molecule has 0 spiro atoms. The fourth-order valence-electron chi connectivity index (χ4n) is 2.95. The van der Waals surface area contributed by atoms with E-state index in [1.807, 2.05) is 66.7 Å². The highest BCUT2D eigenvalue weighted by Crippen LogP contribution is 2.33. The van der Waals surface area contributed by atoms with Crippen LogP contribution in [0.5, 0.6) is 17.2 Å². The number of aromatic nitrogens is 2. The van der Waals surface area contributed by atoms with Crippen LogP contribution in [0.1, 0.15) is 5.56 Å². The summed E-state index contributed by atoms with van der Waals surface area (Å²) in [6.07, 6.45) is 0. The van der Waals surface area contributed by atoms with E-state index in [4.69, 9.17) is 14.2 Å². The van der Waals surface area contributed by atoms with Crippen molar-refractivity contribution in [1.29, 1.82) is 0 Å². The first-order chi connectivity index (χ1) is 13.3. The number of para-hydroxylation sites is 2. The minimum atomic E-state index is 0.414. The Hall–Kier alpha value is -3.47. The summed E-state index contributed by atoms with van der Waals surface area (Å²) in [7, 11) is 3.29. The maximum Gasteiger partial charge on any atom is 0.162 e.